The van der Waals surface area contributed by atoms with Gasteiger partial charge in [0.05, 0.1) is 19.3 Å². The van der Waals surface area contributed by atoms with Crippen molar-refractivity contribution in [3.05, 3.63) is 29.8 Å². The Morgan fingerprint density at radius 2 is 1.76 bits per heavy atom. The van der Waals surface area contributed by atoms with Crippen LogP contribution in [0.3, 0.4) is 0 Å². The van der Waals surface area contributed by atoms with Gasteiger partial charge in [0, 0.05) is 0 Å². The maximum atomic E-state index is 8.94. The van der Waals surface area contributed by atoms with Crippen LogP contribution in [0.4, 0.5) is 0 Å². The maximum Gasteiger partial charge on any atom is 0.119 e. The molecule has 0 aliphatic rings. The van der Waals surface area contributed by atoms with E-state index in [2.05, 4.69) is 13.8 Å². The van der Waals surface area contributed by atoms with Crippen molar-refractivity contribution < 1.29 is 9.84 Å². The number of aliphatic hydroxyl groups is 1. The molecule has 0 radical (unpaired) electrons. The van der Waals surface area contributed by atoms with Gasteiger partial charge < -0.3 is 15.6 Å². The highest BCUT2D eigenvalue weighted by Gasteiger charge is 2.06. The quantitative estimate of drug-likeness (QED) is 0.766. The van der Waals surface area contributed by atoms with E-state index in [1.54, 1.807) is 0 Å². The van der Waals surface area contributed by atoms with Gasteiger partial charge in [-0.2, -0.15) is 0 Å². The summed E-state index contributed by atoms with van der Waals surface area (Å²) in [6.07, 6.45) is 2.29. The third-order valence-corrected chi connectivity index (χ3v) is 3.15. The Balaban J connectivity index is 2.50. The molecule has 0 heterocycles. The van der Waals surface area contributed by atoms with Crippen molar-refractivity contribution in [2.45, 2.75) is 32.7 Å². The van der Waals surface area contributed by atoms with Gasteiger partial charge >= 0.3 is 0 Å². The monoisotopic (exact) mass is 237 g/mol. The highest BCUT2D eigenvalue weighted by molar-refractivity contribution is 5.29. The molecule has 0 fully saturated rings. The summed E-state index contributed by atoms with van der Waals surface area (Å²) < 4.78 is 5.71. The second kappa shape index (κ2) is 7.30. The van der Waals surface area contributed by atoms with Crippen LogP contribution < -0.4 is 10.5 Å². The predicted molar refractivity (Wildman–Crippen MR) is 70.0 cm³/mol. The molecule has 17 heavy (non-hydrogen) atoms. The second-order valence-corrected chi connectivity index (χ2v) is 4.35. The van der Waals surface area contributed by atoms with Crippen LogP contribution in [0.15, 0.2) is 24.3 Å². The molecule has 3 nitrogen and oxygen atoms in total. The zero-order valence-electron chi connectivity index (χ0n) is 10.7. The zero-order chi connectivity index (χ0) is 12.7. The van der Waals surface area contributed by atoms with Gasteiger partial charge in [-0.3, -0.25) is 0 Å². The third-order valence-electron chi connectivity index (χ3n) is 3.15. The minimum atomic E-state index is -0.303. The van der Waals surface area contributed by atoms with E-state index in [0.29, 0.717) is 5.92 Å². The molecule has 0 saturated carbocycles. The fourth-order valence-electron chi connectivity index (χ4n) is 1.66. The molecule has 0 aliphatic heterocycles. The molecule has 3 heteroatoms. The molecule has 0 amide bonds. The van der Waals surface area contributed by atoms with Gasteiger partial charge in [-0.1, -0.05) is 38.8 Å². The van der Waals surface area contributed by atoms with E-state index >= 15 is 0 Å². The van der Waals surface area contributed by atoms with Crippen molar-refractivity contribution in [1.82, 2.24) is 0 Å². The van der Waals surface area contributed by atoms with Crippen LogP contribution in [-0.4, -0.2) is 18.3 Å². The van der Waals surface area contributed by atoms with E-state index in [1.807, 2.05) is 24.3 Å². The van der Waals surface area contributed by atoms with Crippen molar-refractivity contribution in [3.63, 3.8) is 0 Å². The summed E-state index contributed by atoms with van der Waals surface area (Å²) in [5, 5.41) is 8.94. The molecule has 0 aliphatic carbocycles. The molecule has 0 bridgehead atoms. The van der Waals surface area contributed by atoms with Crippen LogP contribution in [0.25, 0.3) is 0 Å². The molecular weight excluding hydrogens is 214 g/mol. The lowest BCUT2D eigenvalue weighted by Crippen LogP contribution is -2.14. The summed E-state index contributed by atoms with van der Waals surface area (Å²) in [4.78, 5) is 0. The first-order valence-corrected chi connectivity index (χ1v) is 6.30. The molecule has 0 unspecified atom stereocenters. The number of hydrogen-bond donors (Lipinski definition) is 2. The van der Waals surface area contributed by atoms with Gasteiger partial charge in [-0.25, -0.2) is 0 Å². The standard InChI is InChI=1S/C14H23NO2/c1-3-11(4-2)10-17-13-7-5-12(6-8-13)14(15)9-16/h5-8,11,14,16H,3-4,9-10,15H2,1-2H3/t14-/m0/s1. The number of ether oxygens (including phenoxy) is 1. The number of rotatable bonds is 7. The Kier molecular flexibility index (Phi) is 6.01. The van der Waals surface area contributed by atoms with E-state index in [9.17, 15) is 0 Å². The highest BCUT2D eigenvalue weighted by Crippen LogP contribution is 2.18. The first-order valence-electron chi connectivity index (χ1n) is 6.30. The normalized spacial score (nSPS) is 12.8. The second-order valence-electron chi connectivity index (χ2n) is 4.35. The number of hydrogen-bond acceptors (Lipinski definition) is 3. The number of nitrogens with two attached hydrogens (primary N) is 1. The minimum Gasteiger partial charge on any atom is -0.493 e. The lowest BCUT2D eigenvalue weighted by molar-refractivity contribution is 0.240. The van der Waals surface area contributed by atoms with E-state index in [0.717, 1.165) is 30.8 Å². The van der Waals surface area contributed by atoms with E-state index in [4.69, 9.17) is 15.6 Å². The first kappa shape index (κ1) is 14.0. The average Bonchev–Trinajstić information content (AvgIpc) is 2.39. The van der Waals surface area contributed by atoms with Crippen molar-refractivity contribution in [2.75, 3.05) is 13.2 Å². The van der Waals surface area contributed by atoms with Crippen LogP contribution in [-0.2, 0) is 0 Å². The SMILES string of the molecule is CCC(CC)COc1ccc([C@@H](N)CO)cc1. The van der Waals surface area contributed by atoms with Gasteiger partial charge in [-0.05, 0) is 23.6 Å². The molecule has 0 spiro atoms. The van der Waals surface area contributed by atoms with Crippen molar-refractivity contribution >= 4 is 0 Å². The van der Waals surface area contributed by atoms with Crippen LogP contribution in [0.2, 0.25) is 0 Å². The third kappa shape index (κ3) is 4.36. The van der Waals surface area contributed by atoms with E-state index in [1.165, 1.54) is 0 Å². The Morgan fingerprint density at radius 1 is 1.18 bits per heavy atom. The van der Waals surface area contributed by atoms with Crippen molar-refractivity contribution in [3.8, 4) is 5.75 Å². The van der Waals surface area contributed by atoms with Crippen LogP contribution in [0.5, 0.6) is 5.75 Å². The topological polar surface area (TPSA) is 55.5 Å². The summed E-state index contributed by atoms with van der Waals surface area (Å²) in [6.45, 7) is 5.09. The van der Waals surface area contributed by atoms with Gasteiger partial charge in [0.15, 0.2) is 0 Å². The lowest BCUT2D eigenvalue weighted by atomic mass is 10.1. The molecule has 0 aromatic heterocycles. The smallest absolute Gasteiger partial charge is 0.119 e. The van der Waals surface area contributed by atoms with E-state index in [-0.39, 0.29) is 12.6 Å². The lowest BCUT2D eigenvalue weighted by Gasteiger charge is -2.14. The number of benzene rings is 1. The summed E-state index contributed by atoms with van der Waals surface area (Å²) in [5.41, 5.74) is 6.65. The van der Waals surface area contributed by atoms with Crippen LogP contribution in [0.1, 0.15) is 38.3 Å². The predicted octanol–water partition coefficient (Wildman–Crippen LogP) is 2.49. The van der Waals surface area contributed by atoms with Gasteiger partial charge in [-0.15, -0.1) is 0 Å². The van der Waals surface area contributed by atoms with Gasteiger partial charge in [0.25, 0.3) is 0 Å². The molecule has 1 atom stereocenters. The summed E-state index contributed by atoms with van der Waals surface area (Å²) in [6, 6.07) is 7.33. The maximum absolute atomic E-state index is 8.94. The highest BCUT2D eigenvalue weighted by atomic mass is 16.5. The summed E-state index contributed by atoms with van der Waals surface area (Å²) in [5.74, 6) is 1.49. The minimum absolute atomic E-state index is 0.0338. The molecule has 1 aromatic rings. The fourth-order valence-corrected chi connectivity index (χ4v) is 1.66. The Hall–Kier alpha value is -1.06. The Morgan fingerprint density at radius 3 is 2.24 bits per heavy atom. The van der Waals surface area contributed by atoms with Gasteiger partial charge in [0.2, 0.25) is 0 Å². The first-order chi connectivity index (χ1) is 8.21. The molecule has 96 valence electrons. The zero-order valence-corrected chi connectivity index (χ0v) is 10.7. The average molecular weight is 237 g/mol. The molecule has 0 saturated heterocycles. The summed E-state index contributed by atoms with van der Waals surface area (Å²) >= 11 is 0. The molecule has 1 rings (SSSR count). The van der Waals surface area contributed by atoms with Crippen LogP contribution >= 0.6 is 0 Å². The van der Waals surface area contributed by atoms with Crippen molar-refractivity contribution in [1.29, 1.82) is 0 Å². The van der Waals surface area contributed by atoms with Crippen molar-refractivity contribution in [2.24, 2.45) is 11.7 Å². The molecule has 1 aromatic carbocycles. The molecule has 3 N–H and O–H groups in total. The van der Waals surface area contributed by atoms with E-state index < -0.39 is 0 Å². The summed E-state index contributed by atoms with van der Waals surface area (Å²) in [7, 11) is 0. The Labute approximate surface area is 104 Å². The van der Waals surface area contributed by atoms with Gasteiger partial charge in [0.1, 0.15) is 5.75 Å². The fraction of sp³-hybridized carbons (Fsp3) is 0.571. The van der Waals surface area contributed by atoms with Crippen LogP contribution in [0, 0.1) is 5.92 Å². The molecular formula is C14H23NO2. The Bertz CT molecular complexity index is 307. The largest absolute Gasteiger partial charge is 0.493 e. The number of aliphatic hydroxyl groups excluding tert-OH is 1.